The Balaban J connectivity index is 2.88. The second kappa shape index (κ2) is 9.17. The van der Waals surface area contributed by atoms with E-state index in [4.69, 9.17) is 0 Å². The minimum atomic E-state index is 1.09. The van der Waals surface area contributed by atoms with E-state index in [1.54, 1.807) is 0 Å². The van der Waals surface area contributed by atoms with E-state index >= 15 is 0 Å². The first-order valence-electron chi connectivity index (χ1n) is 4.10. The number of hydrogen-bond acceptors (Lipinski definition) is 0. The maximum atomic E-state index is 2.61. The van der Waals surface area contributed by atoms with Crippen LogP contribution in [0.1, 0.15) is 39.0 Å². The molecule has 0 aromatic carbocycles. The summed E-state index contributed by atoms with van der Waals surface area (Å²) in [7, 11) is 2.61. The third kappa shape index (κ3) is 8.17. The van der Waals surface area contributed by atoms with Gasteiger partial charge in [0, 0.05) is 0 Å². The Morgan fingerprint density at radius 1 is 1.30 bits per heavy atom. The van der Waals surface area contributed by atoms with E-state index < -0.39 is 0 Å². The first-order valence-corrected chi connectivity index (χ1v) is 4.77. The lowest BCUT2D eigenvalue weighted by molar-refractivity contribution is 0.728. The molecule has 0 amide bonds. The molecular weight excluding hydrogens is 139 g/mol. The predicted octanol–water partition coefficient (Wildman–Crippen LogP) is 3.55. The van der Waals surface area contributed by atoms with E-state index in [9.17, 15) is 0 Å². The lowest BCUT2D eigenvalue weighted by Crippen LogP contribution is -1.70. The Morgan fingerprint density at radius 3 is 2.70 bits per heavy atom. The van der Waals surface area contributed by atoms with Crippen LogP contribution in [0.4, 0.5) is 0 Å². The molecule has 10 heavy (non-hydrogen) atoms. The van der Waals surface area contributed by atoms with Crippen molar-refractivity contribution in [2.24, 2.45) is 0 Å². The molecule has 0 aliphatic heterocycles. The summed E-state index contributed by atoms with van der Waals surface area (Å²) in [5.74, 6) is 0. The molecule has 0 radical (unpaired) electrons. The Kier molecular flexibility index (Phi) is 9.33. The summed E-state index contributed by atoms with van der Waals surface area (Å²) < 4.78 is 0. The fraction of sp³-hybridized carbons (Fsp3) is 0.667. The molecule has 60 valence electrons. The number of allylic oxidation sites excluding steroid dienone is 2. The van der Waals surface area contributed by atoms with Crippen LogP contribution < -0.4 is 0 Å². The van der Waals surface area contributed by atoms with Gasteiger partial charge in [0.1, 0.15) is 0 Å². The van der Waals surface area contributed by atoms with Gasteiger partial charge in [0.05, 0.1) is 0 Å². The van der Waals surface area contributed by atoms with Crippen LogP contribution in [0, 0.1) is 6.16 Å². The van der Waals surface area contributed by atoms with Crippen molar-refractivity contribution < 1.29 is 0 Å². The second-order valence-electron chi connectivity index (χ2n) is 2.44. The third-order valence-corrected chi connectivity index (χ3v) is 1.69. The van der Waals surface area contributed by atoms with Crippen LogP contribution in [-0.2, 0) is 0 Å². The first kappa shape index (κ1) is 10.2. The largest absolute Gasteiger partial charge is 0.305 e. The Hall–Kier alpha value is 0.170. The summed E-state index contributed by atoms with van der Waals surface area (Å²) in [6, 6.07) is 0. The molecule has 0 heterocycles. The average Bonchev–Trinajstić information content (AvgIpc) is 1.97. The maximum Gasteiger partial charge on any atom is -0.0352 e. The summed E-state index contributed by atoms with van der Waals surface area (Å²) in [6.07, 6.45) is 13.0. The van der Waals surface area contributed by atoms with Crippen molar-refractivity contribution in [1.82, 2.24) is 0 Å². The van der Waals surface area contributed by atoms with Crippen LogP contribution in [0.15, 0.2) is 12.2 Å². The molecule has 0 spiro atoms. The number of rotatable bonds is 6. The van der Waals surface area contributed by atoms with Crippen molar-refractivity contribution >= 4 is 9.24 Å². The summed E-state index contributed by atoms with van der Waals surface area (Å²) in [5, 5.41) is 0. The zero-order valence-electron chi connectivity index (χ0n) is 6.84. The molecular formula is C9H18P-. The van der Waals surface area contributed by atoms with Crippen LogP contribution >= 0.6 is 9.24 Å². The number of hydrogen-bond donors (Lipinski definition) is 0. The molecule has 0 fully saturated rings. The van der Waals surface area contributed by atoms with Gasteiger partial charge in [0.25, 0.3) is 0 Å². The fourth-order valence-corrected chi connectivity index (χ4v) is 0.962. The molecule has 1 unspecified atom stereocenters. The van der Waals surface area contributed by atoms with Crippen LogP contribution in [0.5, 0.6) is 0 Å². The highest BCUT2D eigenvalue weighted by molar-refractivity contribution is 7.19. The number of unbranched alkanes of at least 4 members (excludes halogenated alkanes) is 3. The first-order chi connectivity index (χ1) is 4.91. The Bertz CT molecular complexity index is 76.8. The average molecular weight is 157 g/mol. The maximum absolute atomic E-state index is 2.61. The van der Waals surface area contributed by atoms with E-state index in [0.29, 0.717) is 0 Å². The van der Waals surface area contributed by atoms with E-state index in [1.165, 1.54) is 25.7 Å². The Morgan fingerprint density at radius 2 is 2.10 bits per heavy atom. The smallest absolute Gasteiger partial charge is 0.0352 e. The SMILES string of the molecule is CCCCC/C=C\C[CH-]P. The zero-order valence-corrected chi connectivity index (χ0v) is 8.00. The summed E-state index contributed by atoms with van der Waals surface area (Å²) in [4.78, 5) is 0. The molecule has 0 aliphatic rings. The molecule has 0 saturated carbocycles. The second-order valence-corrected chi connectivity index (χ2v) is 2.91. The van der Waals surface area contributed by atoms with Crippen LogP contribution in [0.3, 0.4) is 0 Å². The van der Waals surface area contributed by atoms with Crippen molar-refractivity contribution in [2.75, 3.05) is 0 Å². The highest BCUT2D eigenvalue weighted by atomic mass is 31.0. The quantitative estimate of drug-likeness (QED) is 0.239. The normalized spacial score (nSPS) is 11.0. The summed E-state index contributed by atoms with van der Waals surface area (Å²) in [6.45, 7) is 2.24. The van der Waals surface area contributed by atoms with Gasteiger partial charge < -0.3 is 6.16 Å². The monoisotopic (exact) mass is 157 g/mol. The molecule has 0 saturated heterocycles. The van der Waals surface area contributed by atoms with Crippen molar-refractivity contribution in [2.45, 2.75) is 39.0 Å². The molecule has 1 heteroatoms. The van der Waals surface area contributed by atoms with E-state index in [1.807, 2.05) is 0 Å². The van der Waals surface area contributed by atoms with Crippen LogP contribution in [0.2, 0.25) is 0 Å². The molecule has 1 atom stereocenters. The van der Waals surface area contributed by atoms with Crippen LogP contribution in [0.25, 0.3) is 0 Å². The highest BCUT2D eigenvalue weighted by Crippen LogP contribution is 2.02. The van der Waals surface area contributed by atoms with E-state index in [2.05, 4.69) is 34.5 Å². The van der Waals surface area contributed by atoms with Gasteiger partial charge in [0.15, 0.2) is 0 Å². The topological polar surface area (TPSA) is 0 Å². The van der Waals surface area contributed by atoms with Gasteiger partial charge >= 0.3 is 0 Å². The predicted molar refractivity (Wildman–Crippen MR) is 51.9 cm³/mol. The van der Waals surface area contributed by atoms with Crippen molar-refractivity contribution in [3.8, 4) is 0 Å². The van der Waals surface area contributed by atoms with E-state index in [-0.39, 0.29) is 0 Å². The van der Waals surface area contributed by atoms with Gasteiger partial charge in [-0.15, -0.1) is 6.08 Å². The lowest BCUT2D eigenvalue weighted by atomic mass is 10.2. The Labute approximate surface area is 67.3 Å². The molecule has 0 rings (SSSR count). The summed E-state index contributed by atoms with van der Waals surface area (Å²) in [5.41, 5.74) is 0. The van der Waals surface area contributed by atoms with E-state index in [0.717, 1.165) is 6.42 Å². The standard InChI is InChI=1S/C9H18P/c1-2-3-4-5-6-7-8-9-10/h6-7,9H,2-5,8,10H2,1H3/q-1/b7-6-. The molecule has 0 aromatic heterocycles. The van der Waals surface area contributed by atoms with Gasteiger partial charge in [-0.25, -0.2) is 0 Å². The van der Waals surface area contributed by atoms with Crippen molar-refractivity contribution in [3.05, 3.63) is 18.3 Å². The molecule has 0 aromatic rings. The van der Waals surface area contributed by atoms with Gasteiger partial charge in [-0.1, -0.05) is 25.8 Å². The van der Waals surface area contributed by atoms with Gasteiger partial charge in [-0.2, -0.15) is 6.42 Å². The molecule has 0 aliphatic carbocycles. The van der Waals surface area contributed by atoms with Gasteiger partial charge in [-0.3, -0.25) is 9.24 Å². The zero-order chi connectivity index (χ0) is 7.66. The van der Waals surface area contributed by atoms with Gasteiger partial charge in [-0.05, 0) is 12.8 Å². The highest BCUT2D eigenvalue weighted by Gasteiger charge is 1.79. The molecule has 0 N–H and O–H groups in total. The molecule has 0 bridgehead atoms. The third-order valence-electron chi connectivity index (χ3n) is 1.41. The van der Waals surface area contributed by atoms with Gasteiger partial charge in [0.2, 0.25) is 0 Å². The minimum absolute atomic E-state index is 1.09. The van der Waals surface area contributed by atoms with Crippen molar-refractivity contribution in [3.63, 3.8) is 0 Å². The fourth-order valence-electron chi connectivity index (χ4n) is 0.805. The van der Waals surface area contributed by atoms with Crippen molar-refractivity contribution in [1.29, 1.82) is 0 Å². The minimum Gasteiger partial charge on any atom is -0.305 e. The molecule has 0 nitrogen and oxygen atoms in total. The lowest BCUT2D eigenvalue weighted by Gasteiger charge is -1.95. The van der Waals surface area contributed by atoms with Crippen LogP contribution in [-0.4, -0.2) is 0 Å². The summed E-state index contributed by atoms with van der Waals surface area (Å²) >= 11 is 0.